The summed E-state index contributed by atoms with van der Waals surface area (Å²) in [5, 5.41) is 0. The van der Waals surface area contributed by atoms with Crippen LogP contribution in [0.5, 0.6) is 0 Å². The van der Waals surface area contributed by atoms with E-state index in [1.165, 1.54) is 0 Å². The highest BCUT2D eigenvalue weighted by atomic mass is 15.2. The summed E-state index contributed by atoms with van der Waals surface area (Å²) in [6.45, 7) is 12.4. The van der Waals surface area contributed by atoms with E-state index in [0.29, 0.717) is 0 Å². The fourth-order valence-electron chi connectivity index (χ4n) is 1.99. The first-order chi connectivity index (χ1) is 7.66. The first-order valence-corrected chi connectivity index (χ1v) is 5.42. The van der Waals surface area contributed by atoms with Crippen LogP contribution in [0.2, 0.25) is 0 Å². The van der Waals surface area contributed by atoms with Gasteiger partial charge in [0.1, 0.15) is 5.82 Å². The van der Waals surface area contributed by atoms with E-state index in [1.54, 1.807) is 6.20 Å². The molecule has 1 atom stereocenters. The van der Waals surface area contributed by atoms with E-state index in [2.05, 4.69) is 36.0 Å². The molecule has 2 heteroatoms. The fourth-order valence-corrected chi connectivity index (χ4v) is 1.99. The summed E-state index contributed by atoms with van der Waals surface area (Å²) in [6, 6.07) is 5.88. The molecular formula is C14H16N2. The molecule has 2 nitrogen and oxygen atoms in total. The molecule has 0 amide bonds. The van der Waals surface area contributed by atoms with E-state index >= 15 is 0 Å². The molecule has 1 aromatic heterocycles. The van der Waals surface area contributed by atoms with Gasteiger partial charge in [-0.05, 0) is 24.6 Å². The van der Waals surface area contributed by atoms with Crippen LogP contribution in [-0.4, -0.2) is 4.98 Å². The standard InChI is InChI=1S/C14H16N2/c1-5-13-11(3)10(2)12(4)16(13)14-8-6-7-9-15-14/h5-10H,3-4H2,1-2H3/b13-5+. The van der Waals surface area contributed by atoms with E-state index in [1.807, 2.05) is 25.1 Å². The molecule has 0 spiro atoms. The highest BCUT2D eigenvalue weighted by molar-refractivity contribution is 5.65. The Morgan fingerprint density at radius 2 is 2.12 bits per heavy atom. The summed E-state index contributed by atoms with van der Waals surface area (Å²) in [5.41, 5.74) is 3.26. The molecule has 1 fully saturated rings. The van der Waals surface area contributed by atoms with Crippen molar-refractivity contribution in [3.8, 4) is 0 Å². The minimum Gasteiger partial charge on any atom is -0.299 e. The minimum atomic E-state index is 0.285. The third-order valence-electron chi connectivity index (χ3n) is 3.03. The molecule has 1 saturated heterocycles. The summed E-state index contributed by atoms with van der Waals surface area (Å²) >= 11 is 0. The molecule has 2 rings (SSSR count). The summed E-state index contributed by atoms with van der Waals surface area (Å²) in [6.07, 6.45) is 3.85. The van der Waals surface area contributed by atoms with Crippen molar-refractivity contribution < 1.29 is 0 Å². The Morgan fingerprint density at radius 1 is 1.38 bits per heavy atom. The van der Waals surface area contributed by atoms with E-state index in [-0.39, 0.29) is 5.92 Å². The second-order valence-electron chi connectivity index (χ2n) is 3.94. The van der Waals surface area contributed by atoms with Crippen molar-refractivity contribution in [3.05, 3.63) is 60.6 Å². The Kier molecular flexibility index (Phi) is 2.65. The van der Waals surface area contributed by atoms with Crippen LogP contribution in [0.3, 0.4) is 0 Å². The first kappa shape index (κ1) is 10.7. The summed E-state index contributed by atoms with van der Waals surface area (Å²) < 4.78 is 0. The van der Waals surface area contributed by atoms with Crippen LogP contribution >= 0.6 is 0 Å². The highest BCUT2D eigenvalue weighted by Crippen LogP contribution is 2.40. The predicted octanol–water partition coefficient (Wildman–Crippen LogP) is 3.51. The lowest BCUT2D eigenvalue weighted by Gasteiger charge is -2.20. The maximum absolute atomic E-state index is 4.36. The summed E-state index contributed by atoms with van der Waals surface area (Å²) in [5.74, 6) is 1.19. The predicted molar refractivity (Wildman–Crippen MR) is 67.9 cm³/mol. The minimum absolute atomic E-state index is 0.285. The van der Waals surface area contributed by atoms with E-state index in [4.69, 9.17) is 0 Å². The smallest absolute Gasteiger partial charge is 0.137 e. The van der Waals surface area contributed by atoms with Crippen LogP contribution in [0.4, 0.5) is 5.82 Å². The molecule has 0 aromatic carbocycles. The number of rotatable bonds is 1. The Hall–Kier alpha value is -1.83. The van der Waals surface area contributed by atoms with Crippen molar-refractivity contribution in [2.75, 3.05) is 4.90 Å². The van der Waals surface area contributed by atoms with Crippen molar-refractivity contribution in [1.82, 2.24) is 4.98 Å². The van der Waals surface area contributed by atoms with Gasteiger partial charge in [0.05, 0.1) is 0 Å². The topological polar surface area (TPSA) is 16.1 Å². The molecular weight excluding hydrogens is 196 g/mol. The largest absolute Gasteiger partial charge is 0.299 e. The van der Waals surface area contributed by atoms with Crippen molar-refractivity contribution in [2.24, 2.45) is 5.92 Å². The molecule has 82 valence electrons. The van der Waals surface area contributed by atoms with Gasteiger partial charge in [-0.3, -0.25) is 4.90 Å². The van der Waals surface area contributed by atoms with Crippen LogP contribution < -0.4 is 4.90 Å². The van der Waals surface area contributed by atoms with Gasteiger partial charge in [-0.15, -0.1) is 0 Å². The average molecular weight is 212 g/mol. The van der Waals surface area contributed by atoms with Gasteiger partial charge in [-0.25, -0.2) is 4.98 Å². The molecule has 0 saturated carbocycles. The Morgan fingerprint density at radius 3 is 2.69 bits per heavy atom. The normalized spacial score (nSPS) is 23.2. The Labute approximate surface area is 96.6 Å². The van der Waals surface area contributed by atoms with Gasteiger partial charge in [-0.2, -0.15) is 0 Å². The number of allylic oxidation sites excluding steroid dienone is 3. The van der Waals surface area contributed by atoms with E-state index in [0.717, 1.165) is 22.8 Å². The third kappa shape index (κ3) is 1.47. The number of anilines is 1. The molecule has 2 heterocycles. The zero-order valence-corrected chi connectivity index (χ0v) is 9.77. The number of hydrogen-bond donors (Lipinski definition) is 0. The fraction of sp³-hybridized carbons (Fsp3) is 0.214. The van der Waals surface area contributed by atoms with Crippen LogP contribution in [0.25, 0.3) is 0 Å². The molecule has 1 aromatic rings. The lowest BCUT2D eigenvalue weighted by molar-refractivity contribution is 0.862. The Bertz CT molecular complexity index is 457. The van der Waals surface area contributed by atoms with Crippen molar-refractivity contribution >= 4 is 5.82 Å². The molecule has 16 heavy (non-hydrogen) atoms. The summed E-state index contributed by atoms with van der Waals surface area (Å²) in [7, 11) is 0. The van der Waals surface area contributed by atoms with Gasteiger partial charge in [0.25, 0.3) is 0 Å². The molecule has 0 radical (unpaired) electrons. The summed E-state index contributed by atoms with van der Waals surface area (Å²) in [4.78, 5) is 6.44. The van der Waals surface area contributed by atoms with Gasteiger partial charge in [0.2, 0.25) is 0 Å². The third-order valence-corrected chi connectivity index (χ3v) is 3.03. The second kappa shape index (κ2) is 3.97. The van der Waals surface area contributed by atoms with Crippen LogP contribution in [-0.2, 0) is 0 Å². The average Bonchev–Trinajstić information content (AvgIpc) is 2.54. The quantitative estimate of drug-likeness (QED) is 0.708. The first-order valence-electron chi connectivity index (χ1n) is 5.42. The second-order valence-corrected chi connectivity index (χ2v) is 3.94. The van der Waals surface area contributed by atoms with E-state index < -0.39 is 0 Å². The van der Waals surface area contributed by atoms with Gasteiger partial charge >= 0.3 is 0 Å². The maximum Gasteiger partial charge on any atom is 0.137 e. The number of nitrogens with zero attached hydrogens (tertiary/aromatic N) is 2. The lowest BCUT2D eigenvalue weighted by Crippen LogP contribution is -2.16. The molecule has 1 unspecified atom stereocenters. The lowest BCUT2D eigenvalue weighted by atomic mass is 10.0. The van der Waals surface area contributed by atoms with Crippen LogP contribution in [0.15, 0.2) is 60.6 Å². The van der Waals surface area contributed by atoms with Crippen LogP contribution in [0.1, 0.15) is 13.8 Å². The van der Waals surface area contributed by atoms with Crippen molar-refractivity contribution in [3.63, 3.8) is 0 Å². The van der Waals surface area contributed by atoms with Crippen molar-refractivity contribution in [1.29, 1.82) is 0 Å². The molecule has 1 aliphatic rings. The van der Waals surface area contributed by atoms with Gasteiger partial charge < -0.3 is 0 Å². The molecule has 0 bridgehead atoms. The van der Waals surface area contributed by atoms with Crippen molar-refractivity contribution in [2.45, 2.75) is 13.8 Å². The maximum atomic E-state index is 4.36. The number of pyridine rings is 1. The molecule has 0 aliphatic carbocycles. The highest BCUT2D eigenvalue weighted by Gasteiger charge is 2.32. The Balaban J connectivity index is 2.49. The molecule has 0 N–H and O–H groups in total. The van der Waals surface area contributed by atoms with Gasteiger partial charge in [-0.1, -0.05) is 32.2 Å². The van der Waals surface area contributed by atoms with Gasteiger partial charge in [0, 0.05) is 23.5 Å². The van der Waals surface area contributed by atoms with E-state index in [9.17, 15) is 0 Å². The monoisotopic (exact) mass is 212 g/mol. The molecule has 1 aliphatic heterocycles. The zero-order valence-electron chi connectivity index (χ0n) is 9.77. The number of aromatic nitrogens is 1. The number of hydrogen-bond acceptors (Lipinski definition) is 2. The van der Waals surface area contributed by atoms with Gasteiger partial charge in [0.15, 0.2) is 0 Å². The SMILES string of the molecule is C=C1/C(=C\C)N(c2ccccn2)C(=C)C1C. The van der Waals surface area contributed by atoms with Crippen LogP contribution in [0, 0.1) is 5.92 Å². The zero-order chi connectivity index (χ0) is 11.7.